The third-order valence-electron chi connectivity index (χ3n) is 4.57. The van der Waals surface area contributed by atoms with E-state index in [0.29, 0.717) is 24.5 Å². The molecular formula is C20H21ClN2O2. The molecule has 2 amide bonds. The summed E-state index contributed by atoms with van der Waals surface area (Å²) in [6, 6.07) is 14.7. The van der Waals surface area contributed by atoms with Crippen LogP contribution in [0.4, 0.5) is 0 Å². The van der Waals surface area contributed by atoms with E-state index in [0.717, 1.165) is 23.1 Å². The van der Waals surface area contributed by atoms with Crippen LogP contribution < -0.4 is 5.32 Å². The zero-order valence-corrected chi connectivity index (χ0v) is 14.9. The number of carbonyl (C=O) groups excluding carboxylic acids is 2. The van der Waals surface area contributed by atoms with E-state index in [-0.39, 0.29) is 11.8 Å². The third kappa shape index (κ3) is 3.69. The molecule has 0 saturated heterocycles. The van der Waals surface area contributed by atoms with Crippen molar-refractivity contribution < 1.29 is 9.59 Å². The highest BCUT2D eigenvalue weighted by Gasteiger charge is 2.34. The minimum Gasteiger partial charge on any atom is -0.350 e. The fraction of sp³-hybridized carbons (Fsp3) is 0.300. The summed E-state index contributed by atoms with van der Waals surface area (Å²) in [4.78, 5) is 27.0. The van der Waals surface area contributed by atoms with Gasteiger partial charge in [-0.2, -0.15) is 0 Å². The van der Waals surface area contributed by atoms with Gasteiger partial charge in [0.05, 0.1) is 0 Å². The molecule has 0 aromatic heterocycles. The molecule has 0 bridgehead atoms. The normalized spacial score (nSPS) is 16.2. The second-order valence-corrected chi connectivity index (χ2v) is 6.51. The Morgan fingerprint density at radius 2 is 1.88 bits per heavy atom. The van der Waals surface area contributed by atoms with Gasteiger partial charge in [-0.25, -0.2) is 0 Å². The first-order valence-corrected chi connectivity index (χ1v) is 8.88. The molecule has 0 aliphatic carbocycles. The molecule has 1 unspecified atom stereocenters. The van der Waals surface area contributed by atoms with E-state index in [1.807, 2.05) is 49.4 Å². The third-order valence-corrected chi connectivity index (χ3v) is 4.93. The molecule has 130 valence electrons. The summed E-state index contributed by atoms with van der Waals surface area (Å²) < 4.78 is 0. The van der Waals surface area contributed by atoms with Crippen LogP contribution in [0, 0.1) is 0 Å². The van der Waals surface area contributed by atoms with Crippen molar-refractivity contribution in [2.45, 2.75) is 32.4 Å². The number of benzene rings is 2. The number of fused-ring (bicyclic) bond motifs is 1. The molecular weight excluding hydrogens is 336 g/mol. The Morgan fingerprint density at radius 3 is 2.64 bits per heavy atom. The summed E-state index contributed by atoms with van der Waals surface area (Å²) in [5.74, 6) is -0.179. The fourth-order valence-electron chi connectivity index (χ4n) is 3.24. The molecule has 0 saturated carbocycles. The van der Waals surface area contributed by atoms with E-state index in [9.17, 15) is 9.59 Å². The Bertz CT molecular complexity index is 791. The Kier molecular flexibility index (Phi) is 5.39. The minimum atomic E-state index is -0.583. The maximum absolute atomic E-state index is 12.9. The highest BCUT2D eigenvalue weighted by Crippen LogP contribution is 2.30. The van der Waals surface area contributed by atoms with Gasteiger partial charge in [-0.1, -0.05) is 61.0 Å². The summed E-state index contributed by atoms with van der Waals surface area (Å²) >= 11 is 6.16. The molecule has 0 radical (unpaired) electrons. The van der Waals surface area contributed by atoms with Crippen LogP contribution in [0.5, 0.6) is 0 Å². The van der Waals surface area contributed by atoms with E-state index < -0.39 is 6.04 Å². The summed E-state index contributed by atoms with van der Waals surface area (Å²) in [6.07, 6.45) is 1.16. The van der Waals surface area contributed by atoms with Gasteiger partial charge in [0.25, 0.3) is 0 Å². The van der Waals surface area contributed by atoms with Crippen LogP contribution in [0.25, 0.3) is 0 Å². The van der Waals surface area contributed by atoms with Gasteiger partial charge in [-0.05, 0) is 29.2 Å². The van der Waals surface area contributed by atoms with Crippen LogP contribution in [-0.4, -0.2) is 23.3 Å². The van der Waals surface area contributed by atoms with Crippen molar-refractivity contribution in [1.29, 1.82) is 0 Å². The van der Waals surface area contributed by atoms with Crippen LogP contribution in [0.2, 0.25) is 5.02 Å². The van der Waals surface area contributed by atoms with Crippen molar-refractivity contribution in [2.75, 3.05) is 6.54 Å². The molecule has 1 aliphatic heterocycles. The maximum Gasteiger partial charge on any atom is 0.247 e. The van der Waals surface area contributed by atoms with E-state index in [4.69, 9.17) is 11.6 Å². The van der Waals surface area contributed by atoms with Crippen LogP contribution in [0.3, 0.4) is 0 Å². The standard InChI is InChI=1S/C20H21ClN2O2/c1-2-18(24)23-12-11-14-7-3-5-9-16(14)19(23)20(25)22-13-15-8-4-6-10-17(15)21/h3-10,19H,2,11-13H2,1H3,(H,22,25). The van der Waals surface area contributed by atoms with Gasteiger partial charge in [0, 0.05) is 24.5 Å². The van der Waals surface area contributed by atoms with E-state index >= 15 is 0 Å². The zero-order chi connectivity index (χ0) is 17.8. The van der Waals surface area contributed by atoms with Gasteiger partial charge in [0.1, 0.15) is 6.04 Å². The average Bonchev–Trinajstić information content (AvgIpc) is 2.65. The second-order valence-electron chi connectivity index (χ2n) is 6.10. The summed E-state index contributed by atoms with van der Waals surface area (Å²) in [5, 5.41) is 3.56. The highest BCUT2D eigenvalue weighted by molar-refractivity contribution is 6.31. The fourth-order valence-corrected chi connectivity index (χ4v) is 3.44. The average molecular weight is 357 g/mol. The Morgan fingerprint density at radius 1 is 1.16 bits per heavy atom. The van der Waals surface area contributed by atoms with E-state index in [1.54, 1.807) is 11.0 Å². The SMILES string of the molecule is CCC(=O)N1CCc2ccccc2C1C(=O)NCc1ccccc1Cl. The maximum atomic E-state index is 12.9. The number of carbonyl (C=O) groups is 2. The van der Waals surface area contributed by atoms with Crippen molar-refractivity contribution in [2.24, 2.45) is 0 Å². The molecule has 0 fully saturated rings. The summed E-state index contributed by atoms with van der Waals surface area (Å²) in [6.45, 7) is 2.72. The molecule has 1 aliphatic rings. The van der Waals surface area contributed by atoms with Gasteiger partial charge in [-0.3, -0.25) is 9.59 Å². The van der Waals surface area contributed by atoms with Crippen molar-refractivity contribution in [3.8, 4) is 0 Å². The predicted octanol–water partition coefficient (Wildman–Crippen LogP) is 3.49. The zero-order valence-electron chi connectivity index (χ0n) is 14.2. The van der Waals surface area contributed by atoms with Crippen molar-refractivity contribution in [3.05, 3.63) is 70.2 Å². The van der Waals surface area contributed by atoms with Crippen LogP contribution in [-0.2, 0) is 22.6 Å². The first-order valence-electron chi connectivity index (χ1n) is 8.50. The number of nitrogens with zero attached hydrogens (tertiary/aromatic N) is 1. The van der Waals surface area contributed by atoms with Crippen molar-refractivity contribution >= 4 is 23.4 Å². The van der Waals surface area contributed by atoms with E-state index in [2.05, 4.69) is 5.32 Å². The lowest BCUT2D eigenvalue weighted by atomic mass is 9.91. The summed E-state index contributed by atoms with van der Waals surface area (Å²) in [5.41, 5.74) is 2.89. The molecule has 5 heteroatoms. The monoisotopic (exact) mass is 356 g/mol. The molecule has 1 atom stereocenters. The molecule has 2 aromatic rings. The van der Waals surface area contributed by atoms with Crippen LogP contribution in [0.1, 0.15) is 36.1 Å². The van der Waals surface area contributed by atoms with Gasteiger partial charge in [0.15, 0.2) is 0 Å². The largest absolute Gasteiger partial charge is 0.350 e. The number of rotatable bonds is 4. The number of halogens is 1. The molecule has 25 heavy (non-hydrogen) atoms. The number of hydrogen-bond donors (Lipinski definition) is 1. The second kappa shape index (κ2) is 7.70. The highest BCUT2D eigenvalue weighted by atomic mass is 35.5. The van der Waals surface area contributed by atoms with Gasteiger partial charge in [0.2, 0.25) is 11.8 Å². The lowest BCUT2D eigenvalue weighted by Gasteiger charge is -2.36. The molecule has 4 nitrogen and oxygen atoms in total. The topological polar surface area (TPSA) is 49.4 Å². The number of hydrogen-bond acceptors (Lipinski definition) is 2. The van der Waals surface area contributed by atoms with Gasteiger partial charge >= 0.3 is 0 Å². The lowest BCUT2D eigenvalue weighted by Crippen LogP contribution is -2.46. The lowest BCUT2D eigenvalue weighted by molar-refractivity contribution is -0.141. The van der Waals surface area contributed by atoms with Gasteiger partial charge in [-0.15, -0.1) is 0 Å². The van der Waals surface area contributed by atoms with E-state index in [1.165, 1.54) is 0 Å². The number of nitrogens with one attached hydrogen (secondary N) is 1. The van der Waals surface area contributed by atoms with Crippen LogP contribution in [0.15, 0.2) is 48.5 Å². The van der Waals surface area contributed by atoms with Crippen LogP contribution >= 0.6 is 11.6 Å². The molecule has 1 N–H and O–H groups in total. The number of amides is 2. The summed E-state index contributed by atoms with van der Waals surface area (Å²) in [7, 11) is 0. The molecule has 3 rings (SSSR count). The predicted molar refractivity (Wildman–Crippen MR) is 98.2 cm³/mol. The molecule has 1 heterocycles. The Labute approximate surface area is 152 Å². The Hall–Kier alpha value is -2.33. The minimum absolute atomic E-state index is 0.00704. The first-order chi connectivity index (χ1) is 12.1. The van der Waals surface area contributed by atoms with Gasteiger partial charge < -0.3 is 10.2 Å². The smallest absolute Gasteiger partial charge is 0.247 e. The molecule has 0 spiro atoms. The van der Waals surface area contributed by atoms with Crippen molar-refractivity contribution in [1.82, 2.24) is 10.2 Å². The first kappa shape index (κ1) is 17.5. The Balaban J connectivity index is 1.84. The van der Waals surface area contributed by atoms with Crippen molar-refractivity contribution in [3.63, 3.8) is 0 Å². The quantitative estimate of drug-likeness (QED) is 0.911. The molecule has 2 aromatic carbocycles.